The molecule has 0 aliphatic carbocycles. The van der Waals surface area contributed by atoms with E-state index >= 15 is 0 Å². The van der Waals surface area contributed by atoms with Crippen molar-refractivity contribution >= 4 is 32.8 Å². The largest absolute Gasteiger partial charge is 0.271 e. The molecule has 0 aliphatic rings. The lowest BCUT2D eigenvalue weighted by atomic mass is 10.2. The van der Waals surface area contributed by atoms with Crippen molar-refractivity contribution in [3.8, 4) is 11.3 Å². The topological polar surface area (TPSA) is 92.1 Å². The van der Waals surface area contributed by atoms with Gasteiger partial charge in [0.25, 0.3) is 0 Å². The van der Waals surface area contributed by atoms with Gasteiger partial charge in [-0.05, 0) is 26.8 Å². The van der Waals surface area contributed by atoms with E-state index in [1.807, 2.05) is 21.8 Å². The van der Waals surface area contributed by atoms with E-state index in [0.717, 1.165) is 28.2 Å². The number of thiophene rings is 1. The van der Waals surface area contributed by atoms with Crippen LogP contribution in [-0.2, 0) is 13.1 Å². The summed E-state index contributed by atoms with van der Waals surface area (Å²) in [7, 11) is 0. The summed E-state index contributed by atoms with van der Waals surface area (Å²) in [5.41, 5.74) is 3.91. The second kappa shape index (κ2) is 6.48. The van der Waals surface area contributed by atoms with Crippen LogP contribution in [-0.4, -0.2) is 44.5 Å². The molecule has 5 aromatic rings. The highest BCUT2D eigenvalue weighted by molar-refractivity contribution is 7.19. The van der Waals surface area contributed by atoms with Crippen molar-refractivity contribution in [2.24, 2.45) is 0 Å². The summed E-state index contributed by atoms with van der Waals surface area (Å²) < 4.78 is 6.82. The van der Waals surface area contributed by atoms with Crippen LogP contribution in [0.3, 0.4) is 0 Å². The molecule has 0 radical (unpaired) electrons. The highest BCUT2D eigenvalue weighted by Gasteiger charge is 2.14. The molecule has 0 unspecified atom stereocenters. The Morgan fingerprint density at radius 1 is 1.18 bits per heavy atom. The number of fused-ring (bicyclic) bond motifs is 2. The van der Waals surface area contributed by atoms with E-state index in [9.17, 15) is 0 Å². The number of hydrogen-bond donors (Lipinski definition) is 0. The highest BCUT2D eigenvalue weighted by atomic mass is 32.1. The molecule has 10 heteroatoms. The Bertz CT molecular complexity index is 1240. The molecule has 0 aliphatic heterocycles. The molecule has 0 N–H and O–H groups in total. The average Bonchev–Trinajstić information content (AvgIpc) is 3.44. The van der Waals surface area contributed by atoms with Gasteiger partial charge in [-0.2, -0.15) is 10.2 Å². The van der Waals surface area contributed by atoms with Gasteiger partial charge in [0.2, 0.25) is 5.65 Å². The third kappa shape index (κ3) is 2.85. The van der Waals surface area contributed by atoms with Gasteiger partial charge in [0.15, 0.2) is 5.65 Å². The van der Waals surface area contributed by atoms with E-state index in [-0.39, 0.29) is 0 Å². The van der Waals surface area contributed by atoms with Crippen LogP contribution in [0, 0.1) is 0 Å². The van der Waals surface area contributed by atoms with E-state index in [1.54, 1.807) is 22.2 Å². The first-order valence-corrected chi connectivity index (χ1v) is 9.99. The van der Waals surface area contributed by atoms with Crippen LogP contribution < -0.4 is 0 Å². The molecule has 0 spiro atoms. The Morgan fingerprint density at radius 3 is 2.82 bits per heavy atom. The zero-order chi connectivity index (χ0) is 19.3. The molecule has 0 saturated heterocycles. The smallest absolute Gasteiger partial charge is 0.221 e. The number of aromatic nitrogens is 9. The van der Waals surface area contributed by atoms with Crippen LogP contribution in [0.1, 0.15) is 31.7 Å². The second-order valence-corrected chi connectivity index (χ2v) is 8.07. The summed E-state index contributed by atoms with van der Waals surface area (Å²) in [6.45, 7) is 7.72. The summed E-state index contributed by atoms with van der Waals surface area (Å²) >= 11 is 1.71. The third-order valence-corrected chi connectivity index (χ3v) is 5.62. The first-order chi connectivity index (χ1) is 13.6. The molecule has 0 aromatic carbocycles. The molecule has 0 fully saturated rings. The molecular formula is C18H19N9S. The number of aryl methyl sites for hydroxylation is 1. The van der Waals surface area contributed by atoms with Gasteiger partial charge in [0.1, 0.15) is 5.52 Å². The van der Waals surface area contributed by atoms with E-state index in [0.29, 0.717) is 23.9 Å². The third-order valence-electron chi connectivity index (χ3n) is 4.58. The molecule has 0 saturated carbocycles. The van der Waals surface area contributed by atoms with Gasteiger partial charge in [-0.3, -0.25) is 9.36 Å². The van der Waals surface area contributed by atoms with Crippen molar-refractivity contribution in [1.29, 1.82) is 0 Å². The summed E-state index contributed by atoms with van der Waals surface area (Å²) in [5, 5.41) is 17.3. The lowest BCUT2D eigenvalue weighted by molar-refractivity contribution is 0.532. The molecule has 142 valence electrons. The lowest BCUT2D eigenvalue weighted by Crippen LogP contribution is -2.02. The van der Waals surface area contributed by atoms with Gasteiger partial charge in [0, 0.05) is 35.4 Å². The molecule has 5 heterocycles. The van der Waals surface area contributed by atoms with Crippen LogP contribution in [0.2, 0.25) is 0 Å². The Kier molecular flexibility index (Phi) is 3.93. The van der Waals surface area contributed by atoms with Crippen LogP contribution in [0.5, 0.6) is 0 Å². The van der Waals surface area contributed by atoms with Crippen molar-refractivity contribution < 1.29 is 0 Å². The predicted molar refractivity (Wildman–Crippen MR) is 107 cm³/mol. The number of rotatable bonds is 5. The number of hydrogen-bond acceptors (Lipinski definition) is 7. The molecular weight excluding hydrogens is 374 g/mol. The Labute approximate surface area is 164 Å². The zero-order valence-electron chi connectivity index (χ0n) is 15.8. The maximum Gasteiger partial charge on any atom is 0.221 e. The molecule has 0 bridgehead atoms. The molecule has 5 rings (SSSR count). The Hall–Kier alpha value is -3.14. The van der Waals surface area contributed by atoms with Crippen molar-refractivity contribution in [3.63, 3.8) is 0 Å². The van der Waals surface area contributed by atoms with Crippen molar-refractivity contribution in [2.45, 2.75) is 39.9 Å². The first kappa shape index (κ1) is 17.0. The summed E-state index contributed by atoms with van der Waals surface area (Å²) in [4.78, 5) is 10.3. The van der Waals surface area contributed by atoms with Gasteiger partial charge >= 0.3 is 0 Å². The maximum atomic E-state index is 4.75. The van der Waals surface area contributed by atoms with E-state index in [1.165, 1.54) is 4.70 Å². The van der Waals surface area contributed by atoms with Gasteiger partial charge in [-0.25, -0.2) is 14.6 Å². The quantitative estimate of drug-likeness (QED) is 0.455. The SMILES string of the molecule is CCn1cc2sc(Cn3nnc4ncc(-c5cnn(C(C)C)c5)nc43)cc2n1. The monoisotopic (exact) mass is 393 g/mol. The fraction of sp³-hybridized carbons (Fsp3) is 0.333. The van der Waals surface area contributed by atoms with E-state index in [2.05, 4.69) is 58.5 Å². The molecule has 28 heavy (non-hydrogen) atoms. The molecule has 9 nitrogen and oxygen atoms in total. The van der Waals surface area contributed by atoms with Crippen molar-refractivity contribution in [1.82, 2.24) is 44.5 Å². The minimum absolute atomic E-state index is 0.296. The molecule has 0 amide bonds. The minimum Gasteiger partial charge on any atom is -0.271 e. The molecule has 5 aromatic heterocycles. The van der Waals surface area contributed by atoms with Crippen molar-refractivity contribution in [2.75, 3.05) is 0 Å². The normalized spacial score (nSPS) is 12.0. The summed E-state index contributed by atoms with van der Waals surface area (Å²) in [6, 6.07) is 2.40. The fourth-order valence-electron chi connectivity index (χ4n) is 3.06. The number of nitrogens with zero attached hydrogens (tertiary/aromatic N) is 9. The zero-order valence-corrected chi connectivity index (χ0v) is 16.6. The Morgan fingerprint density at radius 2 is 2.07 bits per heavy atom. The second-order valence-electron chi connectivity index (χ2n) is 6.90. The van der Waals surface area contributed by atoms with Crippen molar-refractivity contribution in [3.05, 3.63) is 35.7 Å². The fourth-order valence-corrected chi connectivity index (χ4v) is 4.08. The lowest BCUT2D eigenvalue weighted by Gasteiger charge is -2.03. The van der Waals surface area contributed by atoms with Gasteiger partial charge in [-0.1, -0.05) is 5.21 Å². The predicted octanol–water partition coefficient (Wildman–Crippen LogP) is 3.15. The van der Waals surface area contributed by atoms with E-state index in [4.69, 9.17) is 4.98 Å². The van der Waals surface area contributed by atoms with Gasteiger partial charge in [-0.15, -0.1) is 16.4 Å². The van der Waals surface area contributed by atoms with E-state index < -0.39 is 0 Å². The maximum absolute atomic E-state index is 4.75. The summed E-state index contributed by atoms with van der Waals surface area (Å²) in [6.07, 6.45) is 7.59. The average molecular weight is 393 g/mol. The Balaban J connectivity index is 1.49. The van der Waals surface area contributed by atoms with Gasteiger partial charge < -0.3 is 0 Å². The van der Waals surface area contributed by atoms with Crippen LogP contribution >= 0.6 is 11.3 Å². The standard InChI is InChI=1S/C18H19N9S/c1-4-25-10-16-14(23-25)5-13(28-16)9-27-18-17(22-24-27)19-7-15(21-18)12-6-20-26(8-12)11(2)3/h5-8,10-11H,4,9H2,1-3H3. The van der Waals surface area contributed by atoms with Crippen LogP contribution in [0.25, 0.3) is 32.8 Å². The van der Waals surface area contributed by atoms with Crippen LogP contribution in [0.15, 0.2) is 30.9 Å². The molecule has 0 atom stereocenters. The first-order valence-electron chi connectivity index (χ1n) is 9.17. The minimum atomic E-state index is 0.296. The van der Waals surface area contributed by atoms with Crippen LogP contribution in [0.4, 0.5) is 0 Å². The van der Waals surface area contributed by atoms with Gasteiger partial charge in [0.05, 0.1) is 29.3 Å². The highest BCUT2D eigenvalue weighted by Crippen LogP contribution is 2.26. The summed E-state index contributed by atoms with van der Waals surface area (Å²) in [5.74, 6) is 0.